The number of carbonyl (C=O) groups is 1. The van der Waals surface area contributed by atoms with Crippen molar-refractivity contribution in [2.24, 2.45) is 5.41 Å². The first-order chi connectivity index (χ1) is 9.88. The van der Waals surface area contributed by atoms with Crippen molar-refractivity contribution in [2.45, 2.75) is 44.9 Å². The number of nitrogens with zero attached hydrogens (tertiary/aromatic N) is 4. The Morgan fingerprint density at radius 2 is 1.95 bits per heavy atom. The van der Waals surface area contributed by atoms with Crippen molar-refractivity contribution >= 4 is 6.03 Å². The van der Waals surface area contributed by atoms with E-state index in [0.717, 1.165) is 44.1 Å². The summed E-state index contributed by atoms with van der Waals surface area (Å²) in [6.45, 7) is 5.99. The van der Waals surface area contributed by atoms with Crippen LogP contribution in [0.3, 0.4) is 0 Å². The van der Waals surface area contributed by atoms with Gasteiger partial charge in [-0.05, 0) is 24.7 Å². The predicted molar refractivity (Wildman–Crippen MR) is 78.1 cm³/mol. The Bertz CT molecular complexity index is 530. The molecule has 1 aromatic rings. The topological polar surface area (TPSA) is 62.5 Å². The van der Waals surface area contributed by atoms with E-state index in [1.807, 2.05) is 4.90 Å². The number of piperidine rings is 1. The summed E-state index contributed by atoms with van der Waals surface area (Å²) in [5.41, 5.74) is 0.322. The molecule has 6 nitrogen and oxygen atoms in total. The number of amides is 2. The normalized spacial score (nSPS) is 25.0. The molecule has 3 rings (SSSR count). The molecule has 2 fully saturated rings. The molecule has 2 heterocycles. The van der Waals surface area contributed by atoms with Gasteiger partial charge in [0.15, 0.2) is 5.82 Å². The standard InChI is InChI=1S/C15H24N4O2/c1-15(2)9-11(15)12-16-13(21-17-12)10-5-7-19(8-6-10)14(20)18(3)4/h10-11H,5-9H2,1-4H3/t11-/m1/s1. The van der Waals surface area contributed by atoms with Crippen molar-refractivity contribution in [1.29, 1.82) is 0 Å². The fourth-order valence-electron chi connectivity index (χ4n) is 3.06. The minimum atomic E-state index is 0.0828. The summed E-state index contributed by atoms with van der Waals surface area (Å²) in [4.78, 5) is 20.0. The molecule has 2 amide bonds. The van der Waals surface area contributed by atoms with E-state index in [2.05, 4.69) is 24.0 Å². The van der Waals surface area contributed by atoms with Gasteiger partial charge in [-0.15, -0.1) is 0 Å². The van der Waals surface area contributed by atoms with Crippen LogP contribution in [0.2, 0.25) is 0 Å². The van der Waals surface area contributed by atoms with Crippen molar-refractivity contribution in [3.63, 3.8) is 0 Å². The van der Waals surface area contributed by atoms with Gasteiger partial charge in [-0.25, -0.2) is 4.79 Å². The summed E-state index contributed by atoms with van der Waals surface area (Å²) in [5, 5.41) is 4.16. The summed E-state index contributed by atoms with van der Waals surface area (Å²) in [6, 6.07) is 0.0828. The predicted octanol–water partition coefficient (Wildman–Crippen LogP) is 2.44. The van der Waals surface area contributed by atoms with Gasteiger partial charge in [0, 0.05) is 39.0 Å². The first kappa shape index (κ1) is 14.4. The van der Waals surface area contributed by atoms with Crippen molar-refractivity contribution < 1.29 is 9.32 Å². The van der Waals surface area contributed by atoms with E-state index in [-0.39, 0.29) is 6.03 Å². The van der Waals surface area contributed by atoms with Crippen LogP contribution in [0.15, 0.2) is 4.52 Å². The summed E-state index contributed by atoms with van der Waals surface area (Å²) in [6.07, 6.45) is 2.94. The minimum absolute atomic E-state index is 0.0828. The number of carbonyl (C=O) groups excluding carboxylic acids is 1. The maximum Gasteiger partial charge on any atom is 0.319 e. The highest BCUT2D eigenvalue weighted by molar-refractivity contribution is 5.73. The van der Waals surface area contributed by atoms with Gasteiger partial charge in [0.25, 0.3) is 0 Å². The third-order valence-corrected chi connectivity index (χ3v) is 4.78. The van der Waals surface area contributed by atoms with E-state index in [0.29, 0.717) is 17.3 Å². The zero-order valence-electron chi connectivity index (χ0n) is 13.3. The Morgan fingerprint density at radius 3 is 2.48 bits per heavy atom. The summed E-state index contributed by atoms with van der Waals surface area (Å²) in [7, 11) is 3.58. The molecule has 1 atom stereocenters. The first-order valence-corrected chi connectivity index (χ1v) is 7.68. The van der Waals surface area contributed by atoms with Crippen LogP contribution < -0.4 is 0 Å². The molecule has 0 spiro atoms. The first-order valence-electron chi connectivity index (χ1n) is 7.68. The Kier molecular flexibility index (Phi) is 3.42. The molecule has 0 aromatic carbocycles. The Hall–Kier alpha value is -1.59. The number of hydrogen-bond acceptors (Lipinski definition) is 4. The molecule has 1 saturated carbocycles. The highest BCUT2D eigenvalue weighted by Crippen LogP contribution is 2.57. The molecule has 2 aliphatic rings. The average molecular weight is 292 g/mol. The number of hydrogen-bond donors (Lipinski definition) is 0. The van der Waals surface area contributed by atoms with E-state index in [9.17, 15) is 4.79 Å². The molecule has 1 aliphatic carbocycles. The van der Waals surface area contributed by atoms with Gasteiger partial charge in [0.1, 0.15) is 0 Å². The monoisotopic (exact) mass is 292 g/mol. The molecule has 116 valence electrons. The number of likely N-dealkylation sites (tertiary alicyclic amines) is 1. The third kappa shape index (κ3) is 2.76. The molecule has 0 bridgehead atoms. The van der Waals surface area contributed by atoms with Crippen molar-refractivity contribution in [3.05, 3.63) is 11.7 Å². The van der Waals surface area contributed by atoms with Gasteiger partial charge in [-0.3, -0.25) is 0 Å². The van der Waals surface area contributed by atoms with Crippen LogP contribution in [-0.2, 0) is 0 Å². The van der Waals surface area contributed by atoms with Crippen molar-refractivity contribution in [3.8, 4) is 0 Å². The van der Waals surface area contributed by atoms with E-state index >= 15 is 0 Å². The van der Waals surface area contributed by atoms with Crippen molar-refractivity contribution in [2.75, 3.05) is 27.2 Å². The quantitative estimate of drug-likeness (QED) is 0.840. The highest BCUT2D eigenvalue weighted by Gasteiger charge is 2.49. The lowest BCUT2D eigenvalue weighted by molar-refractivity contribution is 0.152. The largest absolute Gasteiger partial charge is 0.339 e. The van der Waals surface area contributed by atoms with Crippen LogP contribution in [0.25, 0.3) is 0 Å². The Balaban J connectivity index is 1.59. The van der Waals surface area contributed by atoms with Gasteiger partial charge in [-0.1, -0.05) is 19.0 Å². The van der Waals surface area contributed by atoms with Gasteiger partial charge in [0.05, 0.1) is 0 Å². The van der Waals surface area contributed by atoms with Crippen LogP contribution in [0, 0.1) is 5.41 Å². The van der Waals surface area contributed by atoms with Crippen LogP contribution in [-0.4, -0.2) is 53.2 Å². The molecule has 6 heteroatoms. The fraction of sp³-hybridized carbons (Fsp3) is 0.800. The molecule has 21 heavy (non-hydrogen) atoms. The van der Waals surface area contributed by atoms with Gasteiger partial charge < -0.3 is 14.3 Å². The smallest absolute Gasteiger partial charge is 0.319 e. The number of urea groups is 1. The molecule has 0 radical (unpaired) electrons. The van der Waals surface area contributed by atoms with Crippen LogP contribution >= 0.6 is 0 Å². The summed E-state index contributed by atoms with van der Waals surface area (Å²) in [5.74, 6) is 2.36. The van der Waals surface area contributed by atoms with E-state index in [1.54, 1.807) is 19.0 Å². The molecule has 1 saturated heterocycles. The number of aromatic nitrogens is 2. The second-order valence-electron chi connectivity index (χ2n) is 7.17. The van der Waals surface area contributed by atoms with Crippen molar-refractivity contribution in [1.82, 2.24) is 19.9 Å². The second-order valence-corrected chi connectivity index (χ2v) is 7.17. The maximum absolute atomic E-state index is 11.9. The lowest BCUT2D eigenvalue weighted by atomic mass is 9.97. The van der Waals surface area contributed by atoms with Crippen LogP contribution in [0.5, 0.6) is 0 Å². The van der Waals surface area contributed by atoms with Gasteiger partial charge >= 0.3 is 6.03 Å². The van der Waals surface area contributed by atoms with E-state index < -0.39 is 0 Å². The highest BCUT2D eigenvalue weighted by atomic mass is 16.5. The zero-order chi connectivity index (χ0) is 15.2. The molecule has 1 aromatic heterocycles. The lowest BCUT2D eigenvalue weighted by Crippen LogP contribution is -2.43. The average Bonchev–Trinajstić information content (AvgIpc) is 2.89. The second kappa shape index (κ2) is 5.00. The molecule has 0 unspecified atom stereocenters. The number of rotatable bonds is 2. The van der Waals surface area contributed by atoms with E-state index in [1.165, 1.54) is 0 Å². The Labute approximate surface area is 125 Å². The lowest BCUT2D eigenvalue weighted by Gasteiger charge is -2.32. The molecular weight excluding hydrogens is 268 g/mol. The zero-order valence-corrected chi connectivity index (χ0v) is 13.3. The maximum atomic E-state index is 11.9. The third-order valence-electron chi connectivity index (χ3n) is 4.78. The molecular formula is C15H24N4O2. The van der Waals surface area contributed by atoms with Crippen LogP contribution in [0.1, 0.15) is 56.7 Å². The van der Waals surface area contributed by atoms with Crippen LogP contribution in [0.4, 0.5) is 4.79 Å². The minimum Gasteiger partial charge on any atom is -0.339 e. The fourth-order valence-corrected chi connectivity index (χ4v) is 3.06. The summed E-state index contributed by atoms with van der Waals surface area (Å²) >= 11 is 0. The Morgan fingerprint density at radius 1 is 1.33 bits per heavy atom. The summed E-state index contributed by atoms with van der Waals surface area (Å²) < 4.78 is 5.47. The molecule has 0 N–H and O–H groups in total. The van der Waals surface area contributed by atoms with Gasteiger partial charge in [0.2, 0.25) is 5.89 Å². The van der Waals surface area contributed by atoms with E-state index in [4.69, 9.17) is 4.52 Å². The van der Waals surface area contributed by atoms with Gasteiger partial charge in [-0.2, -0.15) is 4.98 Å². The molecule has 1 aliphatic heterocycles. The SMILES string of the molecule is CN(C)C(=O)N1CCC(c2nc([C@H]3CC3(C)C)no2)CC1.